The number of ether oxygens (including phenoxy) is 1. The predicted molar refractivity (Wildman–Crippen MR) is 91.5 cm³/mol. The molecule has 0 spiro atoms. The van der Waals surface area contributed by atoms with Gasteiger partial charge in [-0.1, -0.05) is 24.3 Å². The van der Waals surface area contributed by atoms with E-state index in [4.69, 9.17) is 4.74 Å². The van der Waals surface area contributed by atoms with Crippen LogP contribution in [-0.4, -0.2) is 17.6 Å². The summed E-state index contributed by atoms with van der Waals surface area (Å²) < 4.78 is 4.98. The van der Waals surface area contributed by atoms with Crippen molar-refractivity contribution in [1.29, 1.82) is 0 Å². The molecule has 23 heavy (non-hydrogen) atoms. The lowest BCUT2D eigenvalue weighted by Gasteiger charge is -2.09. The summed E-state index contributed by atoms with van der Waals surface area (Å²) in [6, 6.07) is 15.5. The van der Waals surface area contributed by atoms with Gasteiger partial charge in [-0.3, -0.25) is 4.98 Å². The number of pyridine rings is 1. The molecule has 0 bridgehead atoms. The molecule has 0 saturated heterocycles. The van der Waals surface area contributed by atoms with Crippen molar-refractivity contribution in [2.24, 2.45) is 0 Å². The molecule has 1 N–H and O–H groups in total. The SMILES string of the molecule is CCOC(=O)c1ccc(NCc2cncc3ccccc23)cc1. The molecular formula is C19H18N2O2. The molecule has 3 rings (SSSR count). The maximum atomic E-state index is 11.6. The molecule has 2 aromatic carbocycles. The average molecular weight is 306 g/mol. The van der Waals surface area contributed by atoms with Gasteiger partial charge in [-0.25, -0.2) is 4.79 Å². The van der Waals surface area contributed by atoms with Crippen LogP contribution in [0.5, 0.6) is 0 Å². The minimum absolute atomic E-state index is 0.294. The fourth-order valence-electron chi connectivity index (χ4n) is 2.46. The van der Waals surface area contributed by atoms with Crippen molar-refractivity contribution < 1.29 is 9.53 Å². The van der Waals surface area contributed by atoms with Crippen LogP contribution < -0.4 is 5.32 Å². The molecule has 1 aromatic heterocycles. The Bertz CT molecular complexity index is 808. The van der Waals surface area contributed by atoms with Gasteiger partial charge in [0.25, 0.3) is 0 Å². The highest BCUT2D eigenvalue weighted by Crippen LogP contribution is 2.19. The highest BCUT2D eigenvalue weighted by Gasteiger charge is 2.06. The first-order chi connectivity index (χ1) is 11.3. The molecule has 0 atom stereocenters. The summed E-state index contributed by atoms with van der Waals surface area (Å²) in [6.07, 6.45) is 3.75. The fourth-order valence-corrected chi connectivity index (χ4v) is 2.46. The van der Waals surface area contributed by atoms with Gasteiger partial charge < -0.3 is 10.1 Å². The highest BCUT2D eigenvalue weighted by atomic mass is 16.5. The van der Waals surface area contributed by atoms with Gasteiger partial charge in [0, 0.05) is 30.0 Å². The lowest BCUT2D eigenvalue weighted by molar-refractivity contribution is 0.0526. The summed E-state index contributed by atoms with van der Waals surface area (Å²) in [4.78, 5) is 15.9. The van der Waals surface area contributed by atoms with Crippen LogP contribution >= 0.6 is 0 Å². The fraction of sp³-hybridized carbons (Fsp3) is 0.158. The van der Waals surface area contributed by atoms with Crippen LogP contribution in [0.2, 0.25) is 0 Å². The van der Waals surface area contributed by atoms with Gasteiger partial charge in [-0.2, -0.15) is 0 Å². The average Bonchev–Trinajstić information content (AvgIpc) is 2.60. The van der Waals surface area contributed by atoms with Crippen LogP contribution in [0.25, 0.3) is 10.8 Å². The maximum absolute atomic E-state index is 11.6. The van der Waals surface area contributed by atoms with E-state index in [2.05, 4.69) is 22.4 Å². The number of nitrogens with one attached hydrogen (secondary N) is 1. The summed E-state index contributed by atoms with van der Waals surface area (Å²) in [7, 11) is 0. The minimum Gasteiger partial charge on any atom is -0.462 e. The zero-order valence-electron chi connectivity index (χ0n) is 13.0. The molecule has 0 amide bonds. The Kier molecular flexibility index (Phi) is 4.52. The Morgan fingerprint density at radius 1 is 1.09 bits per heavy atom. The predicted octanol–water partition coefficient (Wildman–Crippen LogP) is 4.02. The Balaban J connectivity index is 1.71. The Labute approximate surface area is 135 Å². The van der Waals surface area contributed by atoms with E-state index in [9.17, 15) is 4.79 Å². The third kappa shape index (κ3) is 3.48. The number of anilines is 1. The van der Waals surface area contributed by atoms with Crippen molar-refractivity contribution >= 4 is 22.4 Å². The van der Waals surface area contributed by atoms with E-state index in [1.165, 1.54) is 5.39 Å². The topological polar surface area (TPSA) is 51.2 Å². The van der Waals surface area contributed by atoms with E-state index in [1.807, 2.05) is 36.7 Å². The molecule has 0 aliphatic heterocycles. The zero-order chi connectivity index (χ0) is 16.1. The summed E-state index contributed by atoms with van der Waals surface area (Å²) in [5.41, 5.74) is 2.65. The first-order valence-corrected chi connectivity index (χ1v) is 7.60. The molecule has 0 aliphatic carbocycles. The summed E-state index contributed by atoms with van der Waals surface area (Å²) in [6.45, 7) is 2.85. The van der Waals surface area contributed by atoms with Gasteiger partial charge >= 0.3 is 5.97 Å². The number of rotatable bonds is 5. The molecule has 0 saturated carbocycles. The van der Waals surface area contributed by atoms with E-state index in [1.54, 1.807) is 19.1 Å². The summed E-state index contributed by atoms with van der Waals surface area (Å²) in [5, 5.41) is 5.68. The van der Waals surface area contributed by atoms with Gasteiger partial charge in [0.1, 0.15) is 0 Å². The van der Waals surface area contributed by atoms with Crippen LogP contribution in [0.3, 0.4) is 0 Å². The zero-order valence-corrected chi connectivity index (χ0v) is 13.0. The van der Waals surface area contributed by atoms with Gasteiger partial charge in [0.2, 0.25) is 0 Å². The first-order valence-electron chi connectivity index (χ1n) is 7.60. The maximum Gasteiger partial charge on any atom is 0.338 e. The van der Waals surface area contributed by atoms with Crippen LogP contribution in [0, 0.1) is 0 Å². The number of hydrogen-bond acceptors (Lipinski definition) is 4. The smallest absolute Gasteiger partial charge is 0.338 e. The summed E-state index contributed by atoms with van der Waals surface area (Å²) in [5.74, 6) is -0.294. The lowest BCUT2D eigenvalue weighted by Crippen LogP contribution is -2.05. The number of aromatic nitrogens is 1. The second kappa shape index (κ2) is 6.92. The van der Waals surface area contributed by atoms with Gasteiger partial charge in [0.15, 0.2) is 0 Å². The minimum atomic E-state index is -0.294. The van der Waals surface area contributed by atoms with Crippen LogP contribution in [0.4, 0.5) is 5.69 Å². The van der Waals surface area contributed by atoms with E-state index < -0.39 is 0 Å². The van der Waals surface area contributed by atoms with E-state index in [-0.39, 0.29) is 5.97 Å². The van der Waals surface area contributed by atoms with Gasteiger partial charge in [0.05, 0.1) is 12.2 Å². The third-order valence-corrected chi connectivity index (χ3v) is 3.63. The molecule has 4 heteroatoms. The van der Waals surface area contributed by atoms with Crippen LogP contribution in [0.1, 0.15) is 22.8 Å². The van der Waals surface area contributed by atoms with Crippen LogP contribution in [0.15, 0.2) is 60.9 Å². The standard InChI is InChI=1S/C19H18N2O2/c1-2-23-19(22)14-7-9-17(10-8-14)21-13-16-12-20-11-15-5-3-4-6-18(15)16/h3-12,21H,2,13H2,1H3. The van der Waals surface area contributed by atoms with Gasteiger partial charge in [-0.05, 0) is 42.1 Å². The Hall–Kier alpha value is -2.88. The second-order valence-corrected chi connectivity index (χ2v) is 5.17. The molecule has 0 radical (unpaired) electrons. The van der Waals surface area contributed by atoms with Crippen molar-refractivity contribution in [3.8, 4) is 0 Å². The second-order valence-electron chi connectivity index (χ2n) is 5.17. The Morgan fingerprint density at radius 2 is 1.87 bits per heavy atom. The normalized spacial score (nSPS) is 10.5. The highest BCUT2D eigenvalue weighted by molar-refractivity contribution is 5.89. The van der Waals surface area contributed by atoms with E-state index in [0.717, 1.165) is 16.6 Å². The van der Waals surface area contributed by atoms with Crippen molar-refractivity contribution in [2.75, 3.05) is 11.9 Å². The number of benzene rings is 2. The van der Waals surface area contributed by atoms with Crippen molar-refractivity contribution in [1.82, 2.24) is 4.98 Å². The Morgan fingerprint density at radius 3 is 2.65 bits per heavy atom. The number of nitrogens with zero attached hydrogens (tertiary/aromatic N) is 1. The lowest BCUT2D eigenvalue weighted by atomic mass is 10.1. The number of carbonyl (C=O) groups excluding carboxylic acids is 1. The number of fused-ring (bicyclic) bond motifs is 1. The van der Waals surface area contributed by atoms with Gasteiger partial charge in [-0.15, -0.1) is 0 Å². The molecular weight excluding hydrogens is 288 g/mol. The number of esters is 1. The summed E-state index contributed by atoms with van der Waals surface area (Å²) >= 11 is 0. The van der Waals surface area contributed by atoms with Crippen LogP contribution in [-0.2, 0) is 11.3 Å². The number of carbonyl (C=O) groups is 1. The monoisotopic (exact) mass is 306 g/mol. The molecule has 0 unspecified atom stereocenters. The largest absolute Gasteiger partial charge is 0.462 e. The third-order valence-electron chi connectivity index (χ3n) is 3.63. The van der Waals surface area contributed by atoms with E-state index in [0.29, 0.717) is 18.7 Å². The van der Waals surface area contributed by atoms with E-state index >= 15 is 0 Å². The molecule has 1 heterocycles. The molecule has 3 aromatic rings. The first kappa shape index (κ1) is 15.0. The quantitative estimate of drug-likeness (QED) is 0.723. The molecule has 0 aliphatic rings. The molecule has 116 valence electrons. The van der Waals surface area contributed by atoms with Crippen molar-refractivity contribution in [2.45, 2.75) is 13.5 Å². The van der Waals surface area contributed by atoms with Crippen molar-refractivity contribution in [3.05, 3.63) is 72.1 Å². The van der Waals surface area contributed by atoms with Crippen molar-refractivity contribution in [3.63, 3.8) is 0 Å². The molecule has 0 fully saturated rings. The number of hydrogen-bond donors (Lipinski definition) is 1. The molecule has 4 nitrogen and oxygen atoms in total.